The first kappa shape index (κ1) is 8.55. The molecule has 0 unspecified atom stereocenters. The van der Waals surface area contributed by atoms with Gasteiger partial charge in [0.25, 0.3) is 0 Å². The molecule has 0 amide bonds. The molecule has 1 nitrogen and oxygen atoms in total. The van der Waals surface area contributed by atoms with Crippen molar-refractivity contribution in [1.29, 1.82) is 0 Å². The van der Waals surface area contributed by atoms with E-state index in [0.717, 1.165) is 12.1 Å². The van der Waals surface area contributed by atoms with Crippen LogP contribution in [0.1, 0.15) is 57.8 Å². The maximum absolute atomic E-state index is 3.76. The van der Waals surface area contributed by atoms with E-state index < -0.39 is 0 Å². The van der Waals surface area contributed by atoms with Gasteiger partial charge in [0.1, 0.15) is 0 Å². The highest BCUT2D eigenvalue weighted by atomic mass is 15.0. The molecule has 2 aliphatic rings. The van der Waals surface area contributed by atoms with Gasteiger partial charge in [-0.3, -0.25) is 0 Å². The average Bonchev–Trinajstić information content (AvgIpc) is 2.78. The molecule has 0 aromatic carbocycles. The third kappa shape index (κ3) is 2.78. The van der Waals surface area contributed by atoms with Crippen LogP contribution in [0.25, 0.3) is 0 Å². The first-order valence-electron chi connectivity index (χ1n) is 5.71. The van der Waals surface area contributed by atoms with Gasteiger partial charge >= 0.3 is 0 Å². The van der Waals surface area contributed by atoms with Crippen molar-refractivity contribution in [3.05, 3.63) is 0 Å². The summed E-state index contributed by atoms with van der Waals surface area (Å²) < 4.78 is 0. The molecule has 2 rings (SSSR count). The fourth-order valence-corrected chi connectivity index (χ4v) is 2.21. The zero-order valence-electron chi connectivity index (χ0n) is 8.02. The Kier molecular flexibility index (Phi) is 3.04. The van der Waals surface area contributed by atoms with Gasteiger partial charge in [0.05, 0.1) is 0 Å². The summed E-state index contributed by atoms with van der Waals surface area (Å²) in [5.74, 6) is 0. The zero-order chi connectivity index (χ0) is 8.23. The van der Waals surface area contributed by atoms with Crippen molar-refractivity contribution >= 4 is 0 Å². The minimum Gasteiger partial charge on any atom is -0.311 e. The smallest absolute Gasteiger partial charge is 0.00708 e. The molecule has 70 valence electrons. The first-order valence-corrected chi connectivity index (χ1v) is 5.71. The molecular weight excluding hydrogens is 146 g/mol. The lowest BCUT2D eigenvalue weighted by Gasteiger charge is -2.20. The van der Waals surface area contributed by atoms with Gasteiger partial charge in [0.2, 0.25) is 0 Å². The summed E-state index contributed by atoms with van der Waals surface area (Å²) in [5.41, 5.74) is 0. The van der Waals surface area contributed by atoms with Gasteiger partial charge in [-0.15, -0.1) is 0 Å². The molecule has 2 aliphatic carbocycles. The van der Waals surface area contributed by atoms with Crippen LogP contribution >= 0.6 is 0 Å². The Morgan fingerprint density at radius 1 is 0.583 bits per heavy atom. The van der Waals surface area contributed by atoms with E-state index in [1.807, 2.05) is 0 Å². The van der Waals surface area contributed by atoms with Crippen molar-refractivity contribution in [2.45, 2.75) is 69.9 Å². The fourth-order valence-electron chi connectivity index (χ4n) is 2.21. The van der Waals surface area contributed by atoms with E-state index in [1.54, 1.807) is 0 Å². The van der Waals surface area contributed by atoms with Crippen LogP contribution in [0.5, 0.6) is 0 Å². The van der Waals surface area contributed by atoms with Gasteiger partial charge < -0.3 is 5.32 Å². The summed E-state index contributed by atoms with van der Waals surface area (Å²) in [6, 6.07) is 1.78. The Morgan fingerprint density at radius 3 is 1.67 bits per heavy atom. The second-order valence-corrected chi connectivity index (χ2v) is 4.48. The van der Waals surface area contributed by atoms with E-state index in [-0.39, 0.29) is 0 Å². The largest absolute Gasteiger partial charge is 0.311 e. The third-order valence-corrected chi connectivity index (χ3v) is 3.15. The Labute approximate surface area is 75.9 Å². The monoisotopic (exact) mass is 167 g/mol. The molecule has 0 aromatic heterocycles. The number of rotatable bonds is 2. The number of nitrogens with one attached hydrogen (secondary N) is 1. The molecule has 1 heteroatoms. The summed E-state index contributed by atoms with van der Waals surface area (Å²) in [7, 11) is 0. The molecule has 2 fully saturated rings. The van der Waals surface area contributed by atoms with E-state index in [9.17, 15) is 0 Å². The van der Waals surface area contributed by atoms with Crippen molar-refractivity contribution in [1.82, 2.24) is 5.32 Å². The van der Waals surface area contributed by atoms with Crippen LogP contribution in [-0.4, -0.2) is 12.1 Å². The molecule has 0 saturated heterocycles. The van der Waals surface area contributed by atoms with E-state index in [1.165, 1.54) is 57.8 Å². The van der Waals surface area contributed by atoms with Crippen LogP contribution in [0.15, 0.2) is 0 Å². The zero-order valence-corrected chi connectivity index (χ0v) is 8.02. The van der Waals surface area contributed by atoms with Crippen LogP contribution in [0.2, 0.25) is 0 Å². The molecule has 0 atom stereocenters. The summed E-state index contributed by atoms with van der Waals surface area (Å²) >= 11 is 0. The molecule has 0 heterocycles. The average molecular weight is 167 g/mol. The van der Waals surface area contributed by atoms with Gasteiger partial charge in [-0.1, -0.05) is 32.1 Å². The molecule has 0 radical (unpaired) electrons. The van der Waals surface area contributed by atoms with E-state index in [0.29, 0.717) is 0 Å². The normalized spacial score (nSPS) is 28.0. The SMILES string of the molecule is C1CCCC(NC2CC2)CCC1. The van der Waals surface area contributed by atoms with E-state index in [2.05, 4.69) is 5.32 Å². The summed E-state index contributed by atoms with van der Waals surface area (Å²) in [5, 5.41) is 3.76. The molecular formula is C11H21N. The maximum Gasteiger partial charge on any atom is 0.00708 e. The van der Waals surface area contributed by atoms with Crippen LogP contribution in [-0.2, 0) is 0 Å². The summed E-state index contributed by atoms with van der Waals surface area (Å²) in [6.45, 7) is 0. The Morgan fingerprint density at radius 2 is 1.08 bits per heavy atom. The molecule has 0 bridgehead atoms. The Hall–Kier alpha value is -0.0400. The van der Waals surface area contributed by atoms with E-state index >= 15 is 0 Å². The molecule has 2 saturated carbocycles. The van der Waals surface area contributed by atoms with Crippen molar-refractivity contribution in [3.63, 3.8) is 0 Å². The predicted molar refractivity (Wildman–Crippen MR) is 52.3 cm³/mol. The quantitative estimate of drug-likeness (QED) is 0.667. The van der Waals surface area contributed by atoms with Crippen LogP contribution in [0, 0.1) is 0 Å². The lowest BCUT2D eigenvalue weighted by Crippen LogP contribution is -2.31. The Balaban J connectivity index is 1.69. The van der Waals surface area contributed by atoms with Gasteiger partial charge in [0, 0.05) is 12.1 Å². The van der Waals surface area contributed by atoms with Crippen LogP contribution in [0.3, 0.4) is 0 Å². The standard InChI is InChI=1S/C11H21N/c1-2-4-6-10(7-5-3-1)12-11-8-9-11/h10-12H,1-9H2. The second-order valence-electron chi connectivity index (χ2n) is 4.48. The van der Waals surface area contributed by atoms with Gasteiger partial charge in [0.15, 0.2) is 0 Å². The van der Waals surface area contributed by atoms with Gasteiger partial charge in [-0.2, -0.15) is 0 Å². The van der Waals surface area contributed by atoms with Crippen molar-refractivity contribution in [2.75, 3.05) is 0 Å². The lowest BCUT2D eigenvalue weighted by atomic mass is 9.97. The van der Waals surface area contributed by atoms with E-state index in [4.69, 9.17) is 0 Å². The van der Waals surface area contributed by atoms with Crippen molar-refractivity contribution in [2.24, 2.45) is 0 Å². The number of hydrogen-bond donors (Lipinski definition) is 1. The van der Waals surface area contributed by atoms with Crippen LogP contribution in [0.4, 0.5) is 0 Å². The van der Waals surface area contributed by atoms with Crippen molar-refractivity contribution in [3.8, 4) is 0 Å². The lowest BCUT2D eigenvalue weighted by molar-refractivity contribution is 0.388. The second kappa shape index (κ2) is 4.27. The van der Waals surface area contributed by atoms with Gasteiger partial charge in [-0.25, -0.2) is 0 Å². The molecule has 0 aromatic rings. The predicted octanol–water partition coefficient (Wildman–Crippen LogP) is 2.85. The fraction of sp³-hybridized carbons (Fsp3) is 1.00. The molecule has 0 spiro atoms. The number of hydrogen-bond acceptors (Lipinski definition) is 1. The molecule has 12 heavy (non-hydrogen) atoms. The minimum absolute atomic E-state index is 0.873. The highest BCUT2D eigenvalue weighted by molar-refractivity contribution is 4.85. The summed E-state index contributed by atoms with van der Waals surface area (Å²) in [6.07, 6.45) is 13.1. The highest BCUT2D eigenvalue weighted by Crippen LogP contribution is 2.23. The Bertz CT molecular complexity index is 121. The minimum atomic E-state index is 0.873. The maximum atomic E-state index is 3.76. The first-order chi connectivity index (χ1) is 5.95. The third-order valence-electron chi connectivity index (χ3n) is 3.15. The van der Waals surface area contributed by atoms with Crippen LogP contribution < -0.4 is 5.32 Å². The highest BCUT2D eigenvalue weighted by Gasteiger charge is 2.24. The topological polar surface area (TPSA) is 12.0 Å². The molecule has 1 N–H and O–H groups in total. The van der Waals surface area contributed by atoms with Gasteiger partial charge in [-0.05, 0) is 25.7 Å². The van der Waals surface area contributed by atoms with Crippen molar-refractivity contribution < 1.29 is 0 Å². The molecule has 0 aliphatic heterocycles. The summed E-state index contributed by atoms with van der Waals surface area (Å²) in [4.78, 5) is 0.